The monoisotopic (exact) mass is 489 g/mol. The van der Waals surface area contributed by atoms with Crippen molar-refractivity contribution >= 4 is 28.1 Å². The van der Waals surface area contributed by atoms with Crippen LogP contribution in [-0.4, -0.2) is 68.7 Å². The molecule has 4 fully saturated rings. The lowest BCUT2D eigenvalue weighted by molar-refractivity contribution is 0.0119. The molecule has 2 saturated carbocycles. The van der Waals surface area contributed by atoms with E-state index in [1.807, 2.05) is 23.1 Å². The first-order chi connectivity index (χ1) is 14.7. The summed E-state index contributed by atoms with van der Waals surface area (Å²) >= 11 is 0. The van der Waals surface area contributed by atoms with Crippen molar-refractivity contribution in [3.63, 3.8) is 0 Å². The lowest BCUT2D eigenvalue weighted by atomic mass is 9.87. The van der Waals surface area contributed by atoms with E-state index in [1.54, 1.807) is 0 Å². The van der Waals surface area contributed by atoms with Crippen LogP contribution in [0.3, 0.4) is 0 Å². The molecule has 4 aliphatic rings. The molecule has 180 valence electrons. The van der Waals surface area contributed by atoms with E-state index in [-0.39, 0.29) is 36.0 Å². The maximum atomic E-state index is 13.3. The Morgan fingerprint density at radius 2 is 1.81 bits per heavy atom. The Labute approximate surface area is 196 Å². The molecule has 2 unspecified atom stereocenters. The maximum Gasteiger partial charge on any atom is 0.261 e. The maximum absolute atomic E-state index is 13.3. The van der Waals surface area contributed by atoms with Crippen molar-refractivity contribution in [1.29, 1.82) is 0 Å². The van der Waals surface area contributed by atoms with Crippen LogP contribution in [-0.2, 0) is 15.4 Å². The predicted octanol–water partition coefficient (Wildman–Crippen LogP) is 3.95. The van der Waals surface area contributed by atoms with Crippen LogP contribution < -0.4 is 4.72 Å². The van der Waals surface area contributed by atoms with Crippen LogP contribution in [0.2, 0.25) is 0 Å². The van der Waals surface area contributed by atoms with E-state index < -0.39 is 15.9 Å². The van der Waals surface area contributed by atoms with Crippen LogP contribution in [0.5, 0.6) is 0 Å². The zero-order chi connectivity index (χ0) is 21.9. The van der Waals surface area contributed by atoms with Gasteiger partial charge in [-0.25, -0.2) is 17.2 Å². The highest BCUT2D eigenvalue weighted by molar-refractivity contribution is 7.93. The van der Waals surface area contributed by atoms with Gasteiger partial charge in [-0.05, 0) is 68.3 Å². The van der Waals surface area contributed by atoms with Gasteiger partial charge in [-0.1, -0.05) is 19.1 Å². The summed E-state index contributed by atoms with van der Waals surface area (Å²) in [6.45, 7) is 6.48. The molecule has 1 aromatic rings. The molecule has 9 heteroatoms. The number of benzene rings is 1. The molecule has 0 amide bonds. The average molecular weight is 490 g/mol. The molecule has 0 spiro atoms. The molecule has 2 aliphatic heterocycles. The highest BCUT2D eigenvalue weighted by Crippen LogP contribution is 2.65. The number of rotatable bonds is 9. The Hall–Kier alpha value is -0.960. The molecule has 2 atom stereocenters. The van der Waals surface area contributed by atoms with Crippen molar-refractivity contribution in [2.45, 2.75) is 55.6 Å². The molecule has 0 radical (unpaired) electrons. The van der Waals surface area contributed by atoms with Crippen molar-refractivity contribution in [3.05, 3.63) is 29.8 Å². The second-order valence-electron chi connectivity index (χ2n) is 10.0. The van der Waals surface area contributed by atoms with E-state index in [0.717, 1.165) is 51.9 Å². The van der Waals surface area contributed by atoms with Gasteiger partial charge in [-0.15, -0.1) is 12.4 Å². The number of nitrogens with one attached hydrogen (secondary N) is 1. The highest BCUT2D eigenvalue weighted by Gasteiger charge is 2.67. The Bertz CT molecular complexity index is 929. The van der Waals surface area contributed by atoms with Crippen molar-refractivity contribution in [3.8, 4) is 0 Å². The number of hydrogen-bond acceptors (Lipinski definition) is 4. The molecule has 1 aromatic carbocycles. The third-order valence-corrected chi connectivity index (χ3v) is 9.88. The van der Waals surface area contributed by atoms with Crippen molar-refractivity contribution in [2.75, 3.05) is 44.0 Å². The molecule has 0 bridgehead atoms. The number of piperidine rings is 1. The highest BCUT2D eigenvalue weighted by atomic mass is 35.5. The van der Waals surface area contributed by atoms with Gasteiger partial charge in [0.2, 0.25) is 10.0 Å². The molecule has 32 heavy (non-hydrogen) atoms. The van der Waals surface area contributed by atoms with E-state index >= 15 is 0 Å². The number of likely N-dealkylation sites (tertiary alicyclic amines) is 2. The van der Waals surface area contributed by atoms with E-state index in [4.69, 9.17) is 0 Å². The van der Waals surface area contributed by atoms with Gasteiger partial charge in [-0.2, -0.15) is 0 Å². The summed E-state index contributed by atoms with van der Waals surface area (Å²) in [6, 6.07) is 8.00. The molecule has 5 rings (SSSR count). The van der Waals surface area contributed by atoms with Crippen LogP contribution >= 0.6 is 12.4 Å². The second-order valence-corrected chi connectivity index (χ2v) is 12.0. The summed E-state index contributed by atoms with van der Waals surface area (Å²) in [5, 5.41) is -0.225. The van der Waals surface area contributed by atoms with Crippen LogP contribution in [0, 0.1) is 11.8 Å². The molecule has 0 aromatic heterocycles. The molecule has 2 saturated heterocycles. The molecule has 5 nitrogen and oxygen atoms in total. The minimum atomic E-state index is -3.25. The van der Waals surface area contributed by atoms with Crippen LogP contribution in [0.25, 0.3) is 0 Å². The second kappa shape index (κ2) is 8.67. The molecule has 2 aliphatic carbocycles. The quantitative estimate of drug-likeness (QED) is 0.570. The fraction of sp³-hybridized carbons (Fsp3) is 0.739. The van der Waals surface area contributed by atoms with Gasteiger partial charge in [0.1, 0.15) is 0 Å². The van der Waals surface area contributed by atoms with Crippen molar-refractivity contribution in [2.24, 2.45) is 11.8 Å². The van der Waals surface area contributed by atoms with Gasteiger partial charge < -0.3 is 4.90 Å². The summed E-state index contributed by atoms with van der Waals surface area (Å²) in [7, 11) is -3.25. The van der Waals surface area contributed by atoms with Crippen LogP contribution in [0.15, 0.2) is 24.3 Å². The summed E-state index contributed by atoms with van der Waals surface area (Å²) < 4.78 is 54.1. The first-order valence-corrected chi connectivity index (χ1v) is 13.2. The number of hydrogen-bond donors (Lipinski definition) is 1. The SMILES string of the molecule is CCC1(c2cccc(NS(=O)(=O)C3CC3)c2)C2CN(CCCN3CCC(F)(F)C3)CC21.Cl. The Morgan fingerprint density at radius 1 is 1.12 bits per heavy atom. The predicted molar refractivity (Wildman–Crippen MR) is 125 cm³/mol. The number of fused-ring (bicyclic) bond motifs is 1. The molecule has 1 N–H and O–H groups in total. The number of sulfonamides is 1. The standard InChI is InChI=1S/C23H33F2N3O2S.ClH/c1-2-23(17-5-3-6-18(13-17)26-31(29,30)19-7-8-19)20-14-28(15-21(20)23)11-4-10-27-12-9-22(24,25)16-27;/h3,5-6,13,19-21,26H,2,4,7-12,14-16H2,1H3;1H. The number of halogens is 3. The topological polar surface area (TPSA) is 52.7 Å². The van der Waals surface area contributed by atoms with E-state index in [9.17, 15) is 17.2 Å². The Kier molecular flexibility index (Phi) is 6.55. The van der Waals surface area contributed by atoms with Gasteiger partial charge in [0, 0.05) is 37.2 Å². The van der Waals surface area contributed by atoms with Crippen molar-refractivity contribution in [1.82, 2.24) is 9.80 Å². The third kappa shape index (κ3) is 4.52. The zero-order valence-electron chi connectivity index (χ0n) is 18.6. The summed E-state index contributed by atoms with van der Waals surface area (Å²) in [5.41, 5.74) is 2.08. The van der Waals surface area contributed by atoms with E-state index in [2.05, 4.69) is 22.6 Å². The lowest BCUT2D eigenvalue weighted by Gasteiger charge is -2.27. The molecular formula is C23H34ClF2N3O2S. The van der Waals surface area contributed by atoms with E-state index in [1.165, 1.54) is 5.56 Å². The summed E-state index contributed by atoms with van der Waals surface area (Å²) in [5.74, 6) is -1.30. The smallest absolute Gasteiger partial charge is 0.261 e. The molecular weight excluding hydrogens is 456 g/mol. The van der Waals surface area contributed by atoms with E-state index in [0.29, 0.717) is 24.1 Å². The lowest BCUT2D eigenvalue weighted by Crippen LogP contribution is -2.33. The van der Waals surface area contributed by atoms with Crippen LogP contribution in [0.1, 0.15) is 44.6 Å². The minimum Gasteiger partial charge on any atom is -0.303 e. The fourth-order valence-electron chi connectivity index (χ4n) is 6.17. The van der Waals surface area contributed by atoms with Gasteiger partial charge in [0.25, 0.3) is 5.92 Å². The van der Waals surface area contributed by atoms with Gasteiger partial charge in [0.05, 0.1) is 11.8 Å². The summed E-state index contributed by atoms with van der Waals surface area (Å²) in [6.07, 6.45) is 3.50. The number of alkyl halides is 2. The number of nitrogens with zero attached hydrogens (tertiary/aromatic N) is 2. The first-order valence-electron chi connectivity index (χ1n) is 11.7. The fourth-order valence-corrected chi connectivity index (χ4v) is 7.55. The average Bonchev–Trinajstić information content (AvgIpc) is 3.59. The zero-order valence-corrected chi connectivity index (χ0v) is 20.2. The third-order valence-electron chi connectivity index (χ3n) is 8.02. The normalized spacial score (nSPS) is 31.8. The minimum absolute atomic E-state index is 0. The van der Waals surface area contributed by atoms with Gasteiger partial charge in [0.15, 0.2) is 0 Å². The Morgan fingerprint density at radius 3 is 2.41 bits per heavy atom. The Balaban J connectivity index is 0.00000245. The summed E-state index contributed by atoms with van der Waals surface area (Å²) in [4.78, 5) is 4.37. The first kappa shape index (κ1) is 24.2. The molecule has 2 heterocycles. The van der Waals surface area contributed by atoms with Gasteiger partial charge in [-0.3, -0.25) is 9.62 Å². The van der Waals surface area contributed by atoms with Crippen LogP contribution in [0.4, 0.5) is 14.5 Å². The largest absolute Gasteiger partial charge is 0.303 e. The number of anilines is 1. The van der Waals surface area contributed by atoms with Crippen molar-refractivity contribution < 1.29 is 17.2 Å². The van der Waals surface area contributed by atoms with Gasteiger partial charge >= 0.3 is 0 Å².